The Morgan fingerprint density at radius 2 is 1.58 bits per heavy atom. The Morgan fingerprint density at radius 1 is 1.05 bits per heavy atom. The van der Waals surface area contributed by atoms with Crippen LogP contribution in [0.4, 0.5) is 5.69 Å². The third-order valence-electron chi connectivity index (χ3n) is 2.51. The lowest BCUT2D eigenvalue weighted by Crippen LogP contribution is -2.00. The Labute approximate surface area is 138 Å². The molecule has 6 heteroatoms. The van der Waals surface area contributed by atoms with Crippen LogP contribution in [0.3, 0.4) is 0 Å². The van der Waals surface area contributed by atoms with Gasteiger partial charge in [0.2, 0.25) is 0 Å². The number of anilines is 1. The lowest BCUT2D eigenvalue weighted by molar-refractivity contribution is 0.468. The average Bonchev–Trinajstić information content (AvgIpc) is 2.35. The number of phenolic OH excluding ortho intramolecular Hbond substituents is 1. The quantitative estimate of drug-likeness (QED) is 0.647. The van der Waals surface area contributed by atoms with Crippen LogP contribution in [-0.2, 0) is 6.54 Å². The second kappa shape index (κ2) is 6.35. The second-order valence-corrected chi connectivity index (χ2v) is 6.38. The molecule has 0 heterocycles. The summed E-state index contributed by atoms with van der Waals surface area (Å²) in [6.07, 6.45) is 0. The van der Waals surface area contributed by atoms with Crippen LogP contribution in [0.15, 0.2) is 39.3 Å². The largest absolute Gasteiger partial charge is 0.506 e. The van der Waals surface area contributed by atoms with Crippen LogP contribution in [0.25, 0.3) is 0 Å². The molecular formula is C13H9Br2Cl2NO. The summed E-state index contributed by atoms with van der Waals surface area (Å²) in [5.74, 6) is 0.180. The predicted molar refractivity (Wildman–Crippen MR) is 87.3 cm³/mol. The van der Waals surface area contributed by atoms with Crippen molar-refractivity contribution in [2.75, 3.05) is 5.32 Å². The van der Waals surface area contributed by atoms with Crippen LogP contribution in [0, 0.1) is 0 Å². The molecule has 100 valence electrons. The molecule has 0 amide bonds. The third-order valence-corrected chi connectivity index (χ3v) is 4.35. The van der Waals surface area contributed by atoms with Crippen LogP contribution in [-0.4, -0.2) is 5.11 Å². The molecule has 0 saturated heterocycles. The monoisotopic (exact) mass is 423 g/mol. The van der Waals surface area contributed by atoms with Gasteiger partial charge < -0.3 is 10.4 Å². The van der Waals surface area contributed by atoms with Crippen molar-refractivity contribution in [2.24, 2.45) is 0 Å². The van der Waals surface area contributed by atoms with Gasteiger partial charge in [0.15, 0.2) is 0 Å². The molecule has 0 radical (unpaired) electrons. The first-order valence-electron chi connectivity index (χ1n) is 5.34. The van der Waals surface area contributed by atoms with E-state index in [-0.39, 0.29) is 5.75 Å². The fraction of sp³-hybridized carbons (Fsp3) is 0.0769. The minimum atomic E-state index is 0.180. The first kappa shape index (κ1) is 15.0. The fourth-order valence-corrected chi connectivity index (χ4v) is 3.39. The van der Waals surface area contributed by atoms with E-state index in [0.29, 0.717) is 31.2 Å². The zero-order valence-electron chi connectivity index (χ0n) is 9.55. The van der Waals surface area contributed by atoms with E-state index in [2.05, 4.69) is 37.2 Å². The van der Waals surface area contributed by atoms with Gasteiger partial charge >= 0.3 is 0 Å². The highest BCUT2D eigenvalue weighted by molar-refractivity contribution is 9.11. The highest BCUT2D eigenvalue weighted by atomic mass is 79.9. The summed E-state index contributed by atoms with van der Waals surface area (Å²) >= 11 is 18.7. The van der Waals surface area contributed by atoms with Gasteiger partial charge in [-0.05, 0) is 61.7 Å². The minimum absolute atomic E-state index is 0.180. The standard InChI is InChI=1S/C13H9Br2Cl2NO/c14-8-4-7(5-9(15)13(8)19)6-18-12-10(16)2-1-3-11(12)17/h1-5,18-19H,6H2. The number of nitrogens with one attached hydrogen (secondary N) is 1. The van der Waals surface area contributed by atoms with Crippen LogP contribution < -0.4 is 5.32 Å². The lowest BCUT2D eigenvalue weighted by Gasteiger charge is -2.11. The van der Waals surface area contributed by atoms with E-state index in [9.17, 15) is 5.11 Å². The van der Waals surface area contributed by atoms with E-state index in [1.165, 1.54) is 0 Å². The van der Waals surface area contributed by atoms with Crippen molar-refractivity contribution in [2.45, 2.75) is 6.54 Å². The van der Waals surface area contributed by atoms with Crippen LogP contribution in [0.5, 0.6) is 5.75 Å². The zero-order chi connectivity index (χ0) is 14.0. The summed E-state index contributed by atoms with van der Waals surface area (Å²) < 4.78 is 1.26. The van der Waals surface area contributed by atoms with Crippen molar-refractivity contribution in [1.82, 2.24) is 0 Å². The molecule has 2 N–H and O–H groups in total. The molecular weight excluding hydrogens is 417 g/mol. The lowest BCUT2D eigenvalue weighted by atomic mass is 10.2. The summed E-state index contributed by atoms with van der Waals surface area (Å²) in [6, 6.07) is 9.01. The molecule has 19 heavy (non-hydrogen) atoms. The van der Waals surface area contributed by atoms with Gasteiger partial charge in [-0.25, -0.2) is 0 Å². The van der Waals surface area contributed by atoms with Crippen LogP contribution in [0.2, 0.25) is 10.0 Å². The molecule has 0 bridgehead atoms. The molecule has 2 aromatic carbocycles. The molecule has 0 aliphatic rings. The molecule has 0 atom stereocenters. The number of para-hydroxylation sites is 1. The summed E-state index contributed by atoms with van der Waals surface area (Å²) in [6.45, 7) is 0.543. The highest BCUT2D eigenvalue weighted by Gasteiger charge is 2.08. The smallest absolute Gasteiger partial charge is 0.143 e. The van der Waals surface area contributed by atoms with Gasteiger partial charge in [-0.2, -0.15) is 0 Å². The molecule has 2 rings (SSSR count). The number of phenols is 1. The predicted octanol–water partition coefficient (Wildman–Crippen LogP) is 5.84. The van der Waals surface area contributed by atoms with Gasteiger partial charge in [0.1, 0.15) is 5.75 Å². The molecule has 0 fully saturated rings. The van der Waals surface area contributed by atoms with E-state index in [1.54, 1.807) is 18.2 Å². The molecule has 0 aliphatic heterocycles. The highest BCUT2D eigenvalue weighted by Crippen LogP contribution is 2.34. The van der Waals surface area contributed by atoms with Gasteiger partial charge in [-0.1, -0.05) is 29.3 Å². The molecule has 0 unspecified atom stereocenters. The third kappa shape index (κ3) is 3.57. The van der Waals surface area contributed by atoms with Crippen LogP contribution >= 0.6 is 55.1 Å². The van der Waals surface area contributed by atoms with Gasteiger partial charge in [0, 0.05) is 6.54 Å². The van der Waals surface area contributed by atoms with Gasteiger partial charge in [-0.3, -0.25) is 0 Å². The first-order valence-corrected chi connectivity index (χ1v) is 7.68. The van der Waals surface area contributed by atoms with Crippen molar-refractivity contribution < 1.29 is 5.11 Å². The zero-order valence-corrected chi connectivity index (χ0v) is 14.2. The summed E-state index contributed by atoms with van der Waals surface area (Å²) in [4.78, 5) is 0. The van der Waals surface area contributed by atoms with Crippen LogP contribution in [0.1, 0.15) is 5.56 Å². The minimum Gasteiger partial charge on any atom is -0.506 e. The molecule has 2 aromatic rings. The maximum atomic E-state index is 9.65. The molecule has 0 spiro atoms. The number of rotatable bonds is 3. The van der Waals surface area contributed by atoms with E-state index < -0.39 is 0 Å². The Morgan fingerprint density at radius 3 is 2.11 bits per heavy atom. The Kier molecular flexibility index (Phi) is 5.01. The van der Waals surface area contributed by atoms with Crippen molar-refractivity contribution in [3.63, 3.8) is 0 Å². The van der Waals surface area contributed by atoms with E-state index >= 15 is 0 Å². The van der Waals surface area contributed by atoms with E-state index in [4.69, 9.17) is 23.2 Å². The first-order chi connectivity index (χ1) is 8.99. The molecule has 2 nitrogen and oxygen atoms in total. The average molecular weight is 426 g/mol. The van der Waals surface area contributed by atoms with E-state index in [0.717, 1.165) is 5.56 Å². The van der Waals surface area contributed by atoms with Gasteiger partial charge in [0.25, 0.3) is 0 Å². The number of hydrogen-bond donors (Lipinski definition) is 2. The van der Waals surface area contributed by atoms with Crippen molar-refractivity contribution in [3.8, 4) is 5.75 Å². The number of halogens is 4. The molecule has 0 saturated carbocycles. The van der Waals surface area contributed by atoms with Crippen molar-refractivity contribution >= 4 is 60.7 Å². The van der Waals surface area contributed by atoms with Crippen molar-refractivity contribution in [3.05, 3.63) is 54.9 Å². The fourth-order valence-electron chi connectivity index (χ4n) is 1.58. The van der Waals surface area contributed by atoms with E-state index in [1.807, 2.05) is 12.1 Å². The topological polar surface area (TPSA) is 32.3 Å². The second-order valence-electron chi connectivity index (χ2n) is 3.86. The molecule has 0 aliphatic carbocycles. The Bertz CT molecular complexity index is 576. The van der Waals surface area contributed by atoms with Crippen molar-refractivity contribution in [1.29, 1.82) is 0 Å². The van der Waals surface area contributed by atoms with Gasteiger partial charge in [-0.15, -0.1) is 0 Å². The maximum Gasteiger partial charge on any atom is 0.143 e. The maximum absolute atomic E-state index is 9.65. The number of hydrogen-bond acceptors (Lipinski definition) is 2. The Hall–Kier alpha value is -0.420. The normalized spacial score (nSPS) is 10.5. The summed E-state index contributed by atoms with van der Waals surface area (Å²) in [7, 11) is 0. The Balaban J connectivity index is 2.19. The number of aromatic hydroxyl groups is 1. The molecule has 0 aromatic heterocycles. The summed E-state index contributed by atoms with van der Waals surface area (Å²) in [5.41, 5.74) is 1.68. The SMILES string of the molecule is Oc1c(Br)cc(CNc2c(Cl)cccc2Cl)cc1Br. The number of benzene rings is 2. The van der Waals surface area contributed by atoms with Gasteiger partial charge in [0.05, 0.1) is 24.7 Å². The summed E-state index contributed by atoms with van der Waals surface area (Å²) in [5, 5.41) is 14.0.